The van der Waals surface area contributed by atoms with Crippen LogP contribution in [0.2, 0.25) is 0 Å². The van der Waals surface area contributed by atoms with E-state index in [0.29, 0.717) is 0 Å². The maximum Gasteiger partial charge on any atom is 0.146 e. The van der Waals surface area contributed by atoms with Gasteiger partial charge in [-0.15, -0.1) is 11.3 Å². The Morgan fingerprint density at radius 3 is 2.61 bits per heavy atom. The molecule has 3 heterocycles. The van der Waals surface area contributed by atoms with Gasteiger partial charge in [-0.05, 0) is 17.4 Å². The van der Waals surface area contributed by atoms with Crippen molar-refractivity contribution < 1.29 is 9.84 Å². The lowest BCUT2D eigenvalue weighted by molar-refractivity contribution is 0.0331. The molecule has 2 aromatic heterocycles. The second-order valence-electron chi connectivity index (χ2n) is 9.04. The number of nitrogens with zero attached hydrogens (tertiary/aromatic N) is 4. The first-order valence-corrected chi connectivity index (χ1v) is 11.8. The fourth-order valence-corrected chi connectivity index (χ4v) is 5.16. The molecule has 7 heteroatoms. The number of rotatable bonds is 8. The molecular weight excluding hydrogens is 408 g/mol. The molecule has 0 unspecified atom stereocenters. The predicted octanol–water partition coefficient (Wildman–Crippen LogP) is 4.04. The molecule has 4 rings (SSSR count). The predicted molar refractivity (Wildman–Crippen MR) is 128 cm³/mol. The molecule has 0 radical (unpaired) electrons. The van der Waals surface area contributed by atoms with Crippen molar-refractivity contribution in [3.05, 3.63) is 41.5 Å². The normalized spacial score (nSPS) is 15.5. The van der Waals surface area contributed by atoms with Gasteiger partial charge in [-0.3, -0.25) is 4.90 Å². The maximum atomic E-state index is 9.49. The van der Waals surface area contributed by atoms with Crippen molar-refractivity contribution in [3.63, 3.8) is 0 Å². The van der Waals surface area contributed by atoms with Crippen molar-refractivity contribution in [2.75, 3.05) is 51.4 Å². The van der Waals surface area contributed by atoms with Gasteiger partial charge in [0.05, 0.1) is 25.1 Å². The summed E-state index contributed by atoms with van der Waals surface area (Å²) in [7, 11) is 2.10. The third kappa shape index (κ3) is 5.23. The van der Waals surface area contributed by atoms with Crippen LogP contribution in [0, 0.1) is 5.41 Å². The Kier molecular flexibility index (Phi) is 6.86. The number of aliphatic hydroxyl groups excluding tert-OH is 1. The topological polar surface area (TPSA) is 61.7 Å². The van der Waals surface area contributed by atoms with Crippen LogP contribution in [0.4, 0.5) is 5.82 Å². The van der Waals surface area contributed by atoms with E-state index in [1.807, 2.05) is 6.07 Å². The Balaban J connectivity index is 1.75. The lowest BCUT2D eigenvalue weighted by Crippen LogP contribution is -2.36. The molecule has 1 fully saturated rings. The first-order chi connectivity index (χ1) is 15.0. The van der Waals surface area contributed by atoms with E-state index in [1.165, 1.54) is 11.1 Å². The Hall–Kier alpha value is -2.06. The van der Waals surface area contributed by atoms with Crippen LogP contribution in [0.5, 0.6) is 0 Å². The number of fused-ring (bicyclic) bond motifs is 1. The molecule has 6 nitrogen and oxygen atoms in total. The highest BCUT2D eigenvalue weighted by molar-refractivity contribution is 7.17. The summed E-state index contributed by atoms with van der Waals surface area (Å²) in [5, 5.41) is 12.8. The molecule has 0 saturated carbocycles. The van der Waals surface area contributed by atoms with Gasteiger partial charge in [-0.1, -0.05) is 44.2 Å². The quantitative estimate of drug-likeness (QED) is 0.571. The summed E-state index contributed by atoms with van der Waals surface area (Å²) < 4.78 is 5.49. The van der Waals surface area contributed by atoms with Gasteiger partial charge < -0.3 is 14.7 Å². The minimum Gasteiger partial charge on any atom is -0.396 e. The van der Waals surface area contributed by atoms with Crippen molar-refractivity contribution >= 4 is 27.4 Å². The summed E-state index contributed by atoms with van der Waals surface area (Å²) >= 11 is 1.68. The molecule has 1 aliphatic heterocycles. The molecule has 0 spiro atoms. The molecule has 0 aliphatic carbocycles. The standard InChI is InChI=1S/C24H32N4O2S/c1-24(2,9-12-29)17-27(3)22-21-19(18-7-5-4-6-8-18)16-31-23(21)26-20(25-22)15-28-10-13-30-14-11-28/h4-8,16,29H,9-15,17H2,1-3H3. The zero-order valence-corrected chi connectivity index (χ0v) is 19.5. The van der Waals surface area contributed by atoms with E-state index < -0.39 is 0 Å². The van der Waals surface area contributed by atoms with E-state index in [0.717, 1.165) is 67.7 Å². The van der Waals surface area contributed by atoms with Crippen LogP contribution in [0.15, 0.2) is 35.7 Å². The number of aromatic nitrogens is 2. The zero-order valence-electron chi connectivity index (χ0n) is 18.7. The van der Waals surface area contributed by atoms with Crippen molar-refractivity contribution in [3.8, 4) is 11.1 Å². The number of aliphatic hydroxyl groups is 1. The average molecular weight is 441 g/mol. The second-order valence-corrected chi connectivity index (χ2v) is 9.90. The highest BCUT2D eigenvalue weighted by Crippen LogP contribution is 2.39. The molecule has 0 atom stereocenters. The summed E-state index contributed by atoms with van der Waals surface area (Å²) in [6, 6.07) is 10.5. The highest BCUT2D eigenvalue weighted by atomic mass is 32.1. The van der Waals surface area contributed by atoms with Crippen molar-refractivity contribution in [1.82, 2.24) is 14.9 Å². The van der Waals surface area contributed by atoms with E-state index >= 15 is 0 Å². The minimum absolute atomic E-state index is 0.0198. The van der Waals surface area contributed by atoms with Crippen LogP contribution < -0.4 is 4.90 Å². The van der Waals surface area contributed by atoms with E-state index in [2.05, 4.69) is 60.3 Å². The van der Waals surface area contributed by atoms with Crippen LogP contribution >= 0.6 is 11.3 Å². The smallest absolute Gasteiger partial charge is 0.146 e. The number of hydrogen-bond donors (Lipinski definition) is 1. The van der Waals surface area contributed by atoms with Crippen molar-refractivity contribution in [2.24, 2.45) is 5.41 Å². The average Bonchev–Trinajstić information content (AvgIpc) is 3.18. The van der Waals surface area contributed by atoms with Gasteiger partial charge >= 0.3 is 0 Å². The lowest BCUT2D eigenvalue weighted by atomic mass is 9.89. The third-order valence-electron chi connectivity index (χ3n) is 5.83. The molecule has 3 aromatic rings. The largest absolute Gasteiger partial charge is 0.396 e. The van der Waals surface area contributed by atoms with Crippen molar-refractivity contribution in [2.45, 2.75) is 26.8 Å². The summed E-state index contributed by atoms with van der Waals surface area (Å²) in [6.45, 7) is 9.47. The van der Waals surface area contributed by atoms with Crippen LogP contribution in [-0.2, 0) is 11.3 Å². The fourth-order valence-electron chi connectivity index (χ4n) is 4.20. The summed E-state index contributed by atoms with van der Waals surface area (Å²) in [4.78, 5) is 15.6. The van der Waals surface area contributed by atoms with Gasteiger partial charge in [0, 0.05) is 44.2 Å². The molecule has 31 heavy (non-hydrogen) atoms. The van der Waals surface area contributed by atoms with E-state index in [4.69, 9.17) is 14.7 Å². The number of thiophene rings is 1. The summed E-state index contributed by atoms with van der Waals surface area (Å²) in [5.74, 6) is 1.83. The van der Waals surface area contributed by atoms with E-state index in [9.17, 15) is 5.11 Å². The van der Waals surface area contributed by atoms with Gasteiger partial charge in [-0.25, -0.2) is 9.97 Å². The number of anilines is 1. The fraction of sp³-hybridized carbons (Fsp3) is 0.500. The Morgan fingerprint density at radius 2 is 1.90 bits per heavy atom. The number of benzene rings is 1. The van der Waals surface area contributed by atoms with E-state index in [1.54, 1.807) is 11.3 Å². The third-order valence-corrected chi connectivity index (χ3v) is 6.70. The van der Waals surface area contributed by atoms with Gasteiger partial charge in [-0.2, -0.15) is 0 Å². The maximum absolute atomic E-state index is 9.49. The van der Waals surface area contributed by atoms with Crippen molar-refractivity contribution in [1.29, 1.82) is 0 Å². The molecule has 1 aliphatic rings. The summed E-state index contributed by atoms with van der Waals surface area (Å²) in [6.07, 6.45) is 0.751. The minimum atomic E-state index is -0.0198. The van der Waals surface area contributed by atoms with Gasteiger partial charge in [0.2, 0.25) is 0 Å². The van der Waals surface area contributed by atoms with Crippen LogP contribution in [-0.4, -0.2) is 66.5 Å². The first kappa shape index (κ1) is 22.1. The summed E-state index contributed by atoms with van der Waals surface area (Å²) in [5.41, 5.74) is 2.34. The number of ether oxygens (including phenoxy) is 1. The van der Waals surface area contributed by atoms with E-state index in [-0.39, 0.29) is 12.0 Å². The number of hydrogen-bond acceptors (Lipinski definition) is 7. The van der Waals surface area contributed by atoms with Gasteiger partial charge in [0.15, 0.2) is 0 Å². The monoisotopic (exact) mass is 440 g/mol. The molecular formula is C24H32N4O2S. The first-order valence-electron chi connectivity index (χ1n) is 10.9. The van der Waals surface area contributed by atoms with Crippen LogP contribution in [0.1, 0.15) is 26.1 Å². The highest BCUT2D eigenvalue weighted by Gasteiger charge is 2.24. The zero-order chi connectivity index (χ0) is 21.8. The van der Waals surface area contributed by atoms with Gasteiger partial charge in [0.25, 0.3) is 0 Å². The second kappa shape index (κ2) is 9.61. The Morgan fingerprint density at radius 1 is 1.16 bits per heavy atom. The molecule has 1 aromatic carbocycles. The van der Waals surface area contributed by atoms with Gasteiger partial charge in [0.1, 0.15) is 16.5 Å². The molecule has 1 saturated heterocycles. The lowest BCUT2D eigenvalue weighted by Gasteiger charge is -2.31. The molecule has 1 N–H and O–H groups in total. The Labute approximate surface area is 188 Å². The van der Waals surface area contributed by atoms with Crippen LogP contribution in [0.3, 0.4) is 0 Å². The molecule has 0 amide bonds. The number of morpholine rings is 1. The Bertz CT molecular complexity index is 999. The SMILES string of the molecule is CN(CC(C)(C)CCO)c1nc(CN2CCOCC2)nc2scc(-c3ccccc3)c12. The molecule has 166 valence electrons. The molecule has 0 bridgehead atoms. The van der Waals surface area contributed by atoms with Crippen LogP contribution in [0.25, 0.3) is 21.3 Å².